The lowest BCUT2D eigenvalue weighted by Gasteiger charge is -2.28. The molecule has 2 heterocycles. The smallest absolute Gasteiger partial charge is 0.383 e. The van der Waals surface area contributed by atoms with E-state index in [1.165, 1.54) is 28.8 Å². The number of rotatable bonds is 3. The molecule has 0 spiro atoms. The fourth-order valence-corrected chi connectivity index (χ4v) is 3.25. The average molecular weight is 398 g/mol. The molecule has 0 bridgehead atoms. The summed E-state index contributed by atoms with van der Waals surface area (Å²) >= 11 is 0.878. The van der Waals surface area contributed by atoms with Crippen LogP contribution in [0.2, 0.25) is 0 Å². The molecule has 1 aliphatic heterocycles. The number of pyridine rings is 1. The summed E-state index contributed by atoms with van der Waals surface area (Å²) < 4.78 is 102. The van der Waals surface area contributed by atoms with Gasteiger partial charge in [0.05, 0.1) is 24.6 Å². The summed E-state index contributed by atoms with van der Waals surface area (Å²) in [4.78, 5) is 3.80. The van der Waals surface area contributed by atoms with Crippen LogP contribution in [0.1, 0.15) is 0 Å². The molecule has 3 nitrogen and oxygen atoms in total. The standard InChI is InChI=1S/C15H9F7N2OS/c1-25-10-7-26-24(8-3-2-4-23-5-8)6-9(10)11-12(16)14(19,20)15(21,22)13(11,17)18/h2-7H,1H3. The lowest BCUT2D eigenvalue weighted by molar-refractivity contribution is -0.267. The second-order valence-corrected chi connectivity index (χ2v) is 6.12. The van der Waals surface area contributed by atoms with Gasteiger partial charge in [0.1, 0.15) is 5.76 Å². The monoisotopic (exact) mass is 398 g/mol. The molecule has 0 saturated carbocycles. The number of aromatic nitrogens is 1. The summed E-state index contributed by atoms with van der Waals surface area (Å²) in [5.41, 5.74) is -2.69. The van der Waals surface area contributed by atoms with Crippen LogP contribution >= 0.6 is 11.9 Å². The second kappa shape index (κ2) is 5.93. The van der Waals surface area contributed by atoms with Crippen molar-refractivity contribution in [2.75, 3.05) is 11.4 Å². The maximum absolute atomic E-state index is 14.1. The normalized spacial score (nSPS) is 23.6. The van der Waals surface area contributed by atoms with Gasteiger partial charge < -0.3 is 4.74 Å². The predicted octanol–water partition coefficient (Wildman–Crippen LogP) is 5.06. The molecule has 0 atom stereocenters. The van der Waals surface area contributed by atoms with Gasteiger partial charge in [-0.25, -0.2) is 4.39 Å². The number of ether oxygens (including phenoxy) is 1. The molecule has 0 aromatic carbocycles. The van der Waals surface area contributed by atoms with Crippen LogP contribution in [0.3, 0.4) is 0 Å². The molecule has 26 heavy (non-hydrogen) atoms. The number of allylic oxidation sites excluding steroid dienone is 2. The maximum Gasteiger partial charge on any atom is 0.383 e. The van der Waals surface area contributed by atoms with E-state index in [-0.39, 0.29) is 0 Å². The minimum absolute atomic E-state index is 0.322. The summed E-state index contributed by atoms with van der Waals surface area (Å²) in [7, 11) is 1.02. The van der Waals surface area contributed by atoms with E-state index in [9.17, 15) is 30.7 Å². The van der Waals surface area contributed by atoms with Crippen molar-refractivity contribution in [2.24, 2.45) is 0 Å². The molecule has 0 N–H and O–H groups in total. The molecule has 1 aliphatic carbocycles. The van der Waals surface area contributed by atoms with Gasteiger partial charge in [0.25, 0.3) is 0 Å². The zero-order chi connectivity index (χ0) is 19.3. The second-order valence-electron chi connectivity index (χ2n) is 5.28. The van der Waals surface area contributed by atoms with Gasteiger partial charge in [-0.15, -0.1) is 0 Å². The van der Waals surface area contributed by atoms with Crippen LogP contribution < -0.4 is 4.31 Å². The zero-order valence-corrected chi connectivity index (χ0v) is 13.6. The predicted molar refractivity (Wildman–Crippen MR) is 80.5 cm³/mol. The van der Waals surface area contributed by atoms with Crippen LogP contribution in [0.5, 0.6) is 0 Å². The van der Waals surface area contributed by atoms with E-state index in [0.717, 1.165) is 30.7 Å². The first-order chi connectivity index (χ1) is 12.1. The first kappa shape index (κ1) is 18.6. The van der Waals surface area contributed by atoms with Crippen LogP contribution in [0.25, 0.3) is 0 Å². The summed E-state index contributed by atoms with van der Waals surface area (Å²) in [5.74, 6) is -20.3. The highest BCUT2D eigenvalue weighted by Gasteiger charge is 2.81. The SMILES string of the molecule is COC1=CSN(c2cccnc2)C=C1C1=C(F)C(F)(F)C(F)(F)C1(F)F. The molecular weight excluding hydrogens is 389 g/mol. The van der Waals surface area contributed by atoms with E-state index >= 15 is 0 Å². The summed E-state index contributed by atoms with van der Waals surface area (Å²) in [6.45, 7) is 0. The Hall–Kier alpha value is -2.17. The fraction of sp³-hybridized carbons (Fsp3) is 0.267. The summed E-state index contributed by atoms with van der Waals surface area (Å²) in [6, 6.07) is 3.01. The van der Waals surface area contributed by atoms with E-state index in [1.807, 2.05) is 0 Å². The third-order valence-electron chi connectivity index (χ3n) is 3.77. The molecule has 0 unspecified atom stereocenters. The Morgan fingerprint density at radius 3 is 2.31 bits per heavy atom. The molecule has 0 radical (unpaired) electrons. The Morgan fingerprint density at radius 1 is 1.12 bits per heavy atom. The van der Waals surface area contributed by atoms with Gasteiger partial charge in [-0.3, -0.25) is 9.29 Å². The van der Waals surface area contributed by atoms with Crippen molar-refractivity contribution >= 4 is 17.6 Å². The lowest BCUT2D eigenvalue weighted by atomic mass is 10.00. The number of hydrogen-bond donors (Lipinski definition) is 0. The van der Waals surface area contributed by atoms with E-state index in [1.54, 1.807) is 0 Å². The van der Waals surface area contributed by atoms with Crippen molar-refractivity contribution in [1.82, 2.24) is 4.98 Å². The molecule has 1 aromatic rings. The fourth-order valence-electron chi connectivity index (χ4n) is 2.42. The van der Waals surface area contributed by atoms with Crippen molar-refractivity contribution in [3.05, 3.63) is 58.9 Å². The Labute approximate surface area is 147 Å². The Balaban J connectivity index is 2.17. The number of hydrogen-bond acceptors (Lipinski definition) is 4. The highest BCUT2D eigenvalue weighted by atomic mass is 32.2. The molecule has 0 saturated heterocycles. The number of nitrogens with zero attached hydrogens (tertiary/aromatic N) is 2. The van der Waals surface area contributed by atoms with Crippen molar-refractivity contribution in [2.45, 2.75) is 17.8 Å². The van der Waals surface area contributed by atoms with Crippen LogP contribution in [0, 0.1) is 0 Å². The minimum Gasteiger partial charge on any atom is -0.495 e. The molecule has 140 valence electrons. The molecule has 1 aromatic heterocycles. The largest absolute Gasteiger partial charge is 0.495 e. The quantitative estimate of drug-likeness (QED) is 0.525. The highest BCUT2D eigenvalue weighted by Crippen LogP contribution is 2.62. The Morgan fingerprint density at radius 2 is 1.81 bits per heavy atom. The van der Waals surface area contributed by atoms with Crippen molar-refractivity contribution in [3.63, 3.8) is 0 Å². The van der Waals surface area contributed by atoms with E-state index < -0.39 is 40.5 Å². The average Bonchev–Trinajstić information content (AvgIpc) is 2.70. The van der Waals surface area contributed by atoms with E-state index in [2.05, 4.69) is 4.98 Å². The van der Waals surface area contributed by atoms with Gasteiger partial charge in [0, 0.05) is 23.4 Å². The Bertz CT molecular complexity index is 821. The third-order valence-corrected chi connectivity index (χ3v) is 4.64. The molecule has 3 rings (SSSR count). The van der Waals surface area contributed by atoms with Gasteiger partial charge >= 0.3 is 17.8 Å². The topological polar surface area (TPSA) is 25.4 Å². The van der Waals surface area contributed by atoms with Gasteiger partial charge in [0.15, 0.2) is 5.83 Å². The Kier molecular flexibility index (Phi) is 4.25. The first-order valence-corrected chi connectivity index (χ1v) is 7.76. The van der Waals surface area contributed by atoms with Crippen molar-refractivity contribution < 1.29 is 35.5 Å². The molecule has 0 amide bonds. The zero-order valence-electron chi connectivity index (χ0n) is 12.8. The lowest BCUT2D eigenvalue weighted by Crippen LogP contribution is -2.49. The molecular formula is C15H9F7N2OS. The van der Waals surface area contributed by atoms with Crippen molar-refractivity contribution in [1.29, 1.82) is 0 Å². The number of anilines is 1. The maximum atomic E-state index is 14.1. The van der Waals surface area contributed by atoms with Crippen LogP contribution in [-0.2, 0) is 4.74 Å². The van der Waals surface area contributed by atoms with Crippen molar-refractivity contribution in [3.8, 4) is 0 Å². The number of methoxy groups -OCH3 is 1. The molecule has 11 heteroatoms. The number of alkyl halides is 6. The van der Waals surface area contributed by atoms with E-state index in [4.69, 9.17) is 4.74 Å². The number of halogens is 7. The van der Waals surface area contributed by atoms with Crippen LogP contribution in [0.4, 0.5) is 36.4 Å². The summed E-state index contributed by atoms with van der Waals surface area (Å²) in [5, 5.41) is 1.10. The van der Waals surface area contributed by atoms with Crippen LogP contribution in [-0.4, -0.2) is 29.9 Å². The van der Waals surface area contributed by atoms with Gasteiger partial charge in [-0.1, -0.05) is 0 Å². The van der Waals surface area contributed by atoms with Gasteiger partial charge in [-0.2, -0.15) is 26.3 Å². The summed E-state index contributed by atoms with van der Waals surface area (Å²) in [6.07, 6.45) is 3.56. The minimum atomic E-state index is -5.91. The molecule has 0 fully saturated rings. The van der Waals surface area contributed by atoms with E-state index in [0.29, 0.717) is 5.69 Å². The highest BCUT2D eigenvalue weighted by molar-refractivity contribution is 8.03. The van der Waals surface area contributed by atoms with Gasteiger partial charge in [-0.05, 0) is 24.1 Å². The third kappa shape index (κ3) is 2.40. The molecule has 2 aliphatic rings. The first-order valence-electron chi connectivity index (χ1n) is 6.92. The van der Waals surface area contributed by atoms with Crippen LogP contribution in [0.15, 0.2) is 58.9 Å². The van der Waals surface area contributed by atoms with Gasteiger partial charge in [0.2, 0.25) is 0 Å².